The highest BCUT2D eigenvalue weighted by Gasteiger charge is 2.34. The van der Waals surface area contributed by atoms with Crippen LogP contribution in [0.5, 0.6) is 40.2 Å². The highest BCUT2D eigenvalue weighted by Crippen LogP contribution is 2.52. The van der Waals surface area contributed by atoms with Crippen molar-refractivity contribution in [2.75, 3.05) is 48.6 Å². The number of rotatable bonds is 4. The molecule has 2 N–H and O–H groups in total. The van der Waals surface area contributed by atoms with E-state index in [1.54, 1.807) is 34.5 Å². The fourth-order valence-electron chi connectivity index (χ4n) is 7.29. The second kappa shape index (κ2) is 11.8. The molecule has 0 saturated carbocycles. The average Bonchev–Trinajstić information content (AvgIpc) is 3.06. The van der Waals surface area contributed by atoms with E-state index in [2.05, 4.69) is 53.7 Å². The standard InChI is InChI=1S/C37H40N2O6/c1-39-13-11-24-19-34(43-4)36(44-5)37-35(24)29(39)17-22-6-8-30(40)26(14-22)27-15-21(7-9-31(27)41-2)16-28-25-20-33(45-37)32(42-3)18-23(25)10-12-38-28/h6-9,14-15,18-20,28-29,38,40H,10-13,16-17H2,1-5H3/t28-,29+/m1/s1. The van der Waals surface area contributed by atoms with Gasteiger partial charge >= 0.3 is 0 Å². The van der Waals surface area contributed by atoms with Crippen LogP contribution in [-0.2, 0) is 25.7 Å². The minimum Gasteiger partial charge on any atom is -0.507 e. The van der Waals surface area contributed by atoms with Gasteiger partial charge in [0.05, 0.1) is 28.4 Å². The molecule has 0 radical (unpaired) electrons. The first-order chi connectivity index (χ1) is 21.9. The maximum Gasteiger partial charge on any atom is 0.204 e. The number of hydrogen-bond donors (Lipinski definition) is 2. The third-order valence-corrected chi connectivity index (χ3v) is 9.63. The van der Waals surface area contributed by atoms with E-state index in [0.717, 1.165) is 71.5 Å². The van der Waals surface area contributed by atoms with Gasteiger partial charge in [0.1, 0.15) is 11.5 Å². The Morgan fingerprint density at radius 2 is 1.51 bits per heavy atom. The van der Waals surface area contributed by atoms with Crippen LogP contribution in [0.1, 0.15) is 45.5 Å². The minimum atomic E-state index is -0.0277. The zero-order valence-corrected chi connectivity index (χ0v) is 26.5. The maximum absolute atomic E-state index is 11.2. The Balaban J connectivity index is 1.51. The van der Waals surface area contributed by atoms with Crippen LogP contribution in [0.3, 0.4) is 0 Å². The summed E-state index contributed by atoms with van der Waals surface area (Å²) in [5.41, 5.74) is 8.50. The number of methoxy groups -OCH3 is 4. The first-order valence-electron chi connectivity index (χ1n) is 15.5. The zero-order valence-electron chi connectivity index (χ0n) is 26.5. The normalized spacial score (nSPS) is 18.8. The van der Waals surface area contributed by atoms with Crippen LogP contribution in [0.25, 0.3) is 11.1 Å². The van der Waals surface area contributed by atoms with E-state index < -0.39 is 0 Å². The lowest BCUT2D eigenvalue weighted by Gasteiger charge is -2.37. The second-order valence-electron chi connectivity index (χ2n) is 12.1. The third-order valence-electron chi connectivity index (χ3n) is 9.63. The fourth-order valence-corrected chi connectivity index (χ4v) is 7.29. The van der Waals surface area contributed by atoms with Gasteiger partial charge in [0.2, 0.25) is 5.75 Å². The Morgan fingerprint density at radius 1 is 0.778 bits per heavy atom. The second-order valence-corrected chi connectivity index (χ2v) is 12.1. The molecule has 0 aliphatic carbocycles. The molecule has 3 heterocycles. The molecule has 4 aromatic carbocycles. The molecule has 45 heavy (non-hydrogen) atoms. The van der Waals surface area contributed by atoms with Crippen LogP contribution in [0, 0.1) is 0 Å². The van der Waals surface area contributed by atoms with Crippen LogP contribution in [0.4, 0.5) is 0 Å². The van der Waals surface area contributed by atoms with Gasteiger partial charge in [-0.3, -0.25) is 4.90 Å². The molecule has 6 bridgehead atoms. The molecule has 2 atom stereocenters. The summed E-state index contributed by atoms with van der Waals surface area (Å²) in [6, 6.07) is 18.5. The van der Waals surface area contributed by atoms with Crippen LogP contribution < -0.4 is 29.0 Å². The molecular weight excluding hydrogens is 568 g/mol. The molecule has 4 aromatic rings. The van der Waals surface area contributed by atoms with E-state index in [1.807, 2.05) is 12.1 Å². The summed E-state index contributed by atoms with van der Waals surface area (Å²) in [5.74, 6) is 4.10. The SMILES string of the molecule is COc1cc2c3cc1Oc1c(OC)c(OC)cc4c1[C@H](Cc1ccc(O)c(c1)-c1cc(ccc1OC)C[C@H]3NCC2)N(C)CC4. The van der Waals surface area contributed by atoms with Crippen molar-refractivity contribution in [3.63, 3.8) is 0 Å². The van der Waals surface area contributed by atoms with E-state index >= 15 is 0 Å². The predicted octanol–water partition coefficient (Wildman–Crippen LogP) is 6.40. The van der Waals surface area contributed by atoms with E-state index in [1.165, 1.54) is 11.1 Å². The lowest BCUT2D eigenvalue weighted by molar-refractivity contribution is 0.221. The minimum absolute atomic E-state index is 0.0277. The number of ether oxygens (including phenoxy) is 5. The molecule has 3 aliphatic rings. The molecule has 0 aromatic heterocycles. The summed E-state index contributed by atoms with van der Waals surface area (Å²) in [7, 11) is 8.83. The van der Waals surface area contributed by atoms with Gasteiger partial charge in [-0.2, -0.15) is 0 Å². The average molecular weight is 609 g/mol. The summed E-state index contributed by atoms with van der Waals surface area (Å²) in [5, 5.41) is 14.9. The molecule has 8 heteroatoms. The Labute approximate surface area is 264 Å². The molecule has 0 fully saturated rings. The van der Waals surface area contributed by atoms with Crippen LogP contribution >= 0.6 is 0 Å². The van der Waals surface area contributed by atoms with E-state index in [-0.39, 0.29) is 17.8 Å². The Hall–Kier alpha value is -4.40. The number of phenols is 1. The molecule has 0 spiro atoms. The van der Waals surface area contributed by atoms with Gasteiger partial charge in [-0.15, -0.1) is 0 Å². The zero-order chi connectivity index (χ0) is 31.2. The third kappa shape index (κ3) is 5.12. The van der Waals surface area contributed by atoms with Crippen molar-refractivity contribution >= 4 is 0 Å². The lowest BCUT2D eigenvalue weighted by Crippen LogP contribution is -2.34. The summed E-state index contributed by atoms with van der Waals surface area (Å²) in [6.07, 6.45) is 3.18. The predicted molar refractivity (Wildman–Crippen MR) is 174 cm³/mol. The first-order valence-corrected chi connectivity index (χ1v) is 15.5. The quantitative estimate of drug-likeness (QED) is 0.276. The molecule has 0 unspecified atom stereocenters. The largest absolute Gasteiger partial charge is 0.507 e. The molecular formula is C37H40N2O6. The van der Waals surface area contributed by atoms with Crippen molar-refractivity contribution in [1.29, 1.82) is 0 Å². The lowest BCUT2D eigenvalue weighted by atomic mass is 9.86. The highest BCUT2D eigenvalue weighted by atomic mass is 16.5. The van der Waals surface area contributed by atoms with Gasteiger partial charge in [-0.1, -0.05) is 12.1 Å². The number of nitrogens with zero attached hydrogens (tertiary/aromatic N) is 1. The van der Waals surface area contributed by atoms with Crippen LogP contribution in [0.2, 0.25) is 0 Å². The van der Waals surface area contributed by atoms with Gasteiger partial charge in [-0.05, 0) is 110 Å². The van der Waals surface area contributed by atoms with Crippen molar-refractivity contribution in [2.24, 2.45) is 0 Å². The Kier molecular flexibility index (Phi) is 7.71. The number of nitrogens with one attached hydrogen (secondary N) is 1. The smallest absolute Gasteiger partial charge is 0.204 e. The maximum atomic E-state index is 11.2. The number of fused-ring (bicyclic) bond motifs is 6. The number of benzene rings is 4. The number of hydrogen-bond acceptors (Lipinski definition) is 8. The van der Waals surface area contributed by atoms with Crippen molar-refractivity contribution in [3.8, 4) is 51.4 Å². The van der Waals surface area contributed by atoms with Crippen LogP contribution in [0.15, 0.2) is 54.6 Å². The number of phenolic OH excluding ortho intramolecular Hbond substituents is 1. The van der Waals surface area contributed by atoms with E-state index in [4.69, 9.17) is 23.7 Å². The topological polar surface area (TPSA) is 81.7 Å². The molecule has 7 rings (SSSR count). The molecule has 8 nitrogen and oxygen atoms in total. The number of likely N-dealkylation sites (N-methyl/N-ethyl adjacent to an activating group) is 1. The monoisotopic (exact) mass is 608 g/mol. The van der Waals surface area contributed by atoms with Crippen molar-refractivity contribution in [3.05, 3.63) is 88.0 Å². The van der Waals surface area contributed by atoms with Gasteiger partial charge in [-0.25, -0.2) is 0 Å². The van der Waals surface area contributed by atoms with E-state index in [0.29, 0.717) is 35.2 Å². The summed E-state index contributed by atoms with van der Waals surface area (Å²) in [4.78, 5) is 2.36. The van der Waals surface area contributed by atoms with Gasteiger partial charge in [0, 0.05) is 35.3 Å². The van der Waals surface area contributed by atoms with E-state index in [9.17, 15) is 5.11 Å². The van der Waals surface area contributed by atoms with Crippen LogP contribution in [-0.4, -0.2) is 58.6 Å². The summed E-state index contributed by atoms with van der Waals surface area (Å²) < 4.78 is 30.6. The summed E-state index contributed by atoms with van der Waals surface area (Å²) in [6.45, 7) is 1.74. The Bertz CT molecular complexity index is 1770. The van der Waals surface area contributed by atoms with Gasteiger partial charge < -0.3 is 34.1 Å². The molecule has 0 saturated heterocycles. The van der Waals surface area contributed by atoms with Gasteiger partial charge in [0.15, 0.2) is 23.0 Å². The Morgan fingerprint density at radius 3 is 2.29 bits per heavy atom. The molecule has 0 amide bonds. The van der Waals surface area contributed by atoms with Gasteiger partial charge in [0.25, 0.3) is 0 Å². The first kappa shape index (κ1) is 29.3. The fraction of sp³-hybridized carbons (Fsp3) is 0.351. The highest BCUT2D eigenvalue weighted by molar-refractivity contribution is 5.77. The van der Waals surface area contributed by atoms with Crippen molar-refractivity contribution in [2.45, 2.75) is 37.8 Å². The molecule has 3 aliphatic heterocycles. The molecule has 234 valence electrons. The summed E-state index contributed by atoms with van der Waals surface area (Å²) >= 11 is 0. The number of aromatic hydroxyl groups is 1. The van der Waals surface area contributed by atoms with Crippen molar-refractivity contribution in [1.82, 2.24) is 10.2 Å². The van der Waals surface area contributed by atoms with Crippen molar-refractivity contribution < 1.29 is 28.8 Å².